The Kier molecular flexibility index (Phi) is 6.75. The average Bonchev–Trinajstić information content (AvgIpc) is 3.39. The van der Waals surface area contributed by atoms with Crippen LogP contribution in [0.15, 0.2) is 36.7 Å². The molecular formula is C26H29ClFN5O2. The van der Waals surface area contributed by atoms with Crippen LogP contribution in [0.25, 0.3) is 10.9 Å². The number of rotatable bonds is 7. The van der Waals surface area contributed by atoms with Crippen LogP contribution in [0.2, 0.25) is 5.02 Å². The molecule has 1 saturated carbocycles. The number of amides is 1. The van der Waals surface area contributed by atoms with Crippen molar-refractivity contribution in [1.29, 1.82) is 0 Å². The number of nitrogens with one attached hydrogen (secondary N) is 2. The van der Waals surface area contributed by atoms with Gasteiger partial charge in [-0.25, -0.2) is 14.4 Å². The van der Waals surface area contributed by atoms with Crippen LogP contribution in [0.4, 0.5) is 21.6 Å². The Hall–Kier alpha value is -2.97. The summed E-state index contributed by atoms with van der Waals surface area (Å²) in [7, 11) is 2.18. The number of benzene rings is 2. The Morgan fingerprint density at radius 1 is 1.23 bits per heavy atom. The van der Waals surface area contributed by atoms with Gasteiger partial charge in [0.05, 0.1) is 22.8 Å². The first-order valence-corrected chi connectivity index (χ1v) is 12.4. The molecule has 1 aliphatic heterocycles. The average molecular weight is 498 g/mol. The second kappa shape index (κ2) is 9.95. The minimum Gasteiger partial charge on any atom is -0.491 e. The molecule has 7 nitrogen and oxygen atoms in total. The summed E-state index contributed by atoms with van der Waals surface area (Å²) >= 11 is 5.93. The number of carbonyl (C=O) groups excluding carboxylic acids is 1. The van der Waals surface area contributed by atoms with E-state index in [4.69, 9.17) is 16.3 Å². The Bertz CT molecular complexity index is 1260. The smallest absolute Gasteiger partial charge is 0.224 e. The van der Waals surface area contributed by atoms with E-state index >= 15 is 0 Å². The van der Waals surface area contributed by atoms with Gasteiger partial charge in [0.15, 0.2) is 0 Å². The number of nitrogens with zero attached hydrogens (tertiary/aromatic N) is 3. The van der Waals surface area contributed by atoms with E-state index in [2.05, 4.69) is 32.5 Å². The quantitative estimate of drug-likeness (QED) is 0.450. The molecule has 9 heteroatoms. The van der Waals surface area contributed by atoms with Gasteiger partial charge in [-0.05, 0) is 61.9 Å². The van der Waals surface area contributed by atoms with E-state index in [0.717, 1.165) is 12.5 Å². The van der Waals surface area contributed by atoms with Crippen LogP contribution in [0.1, 0.15) is 26.2 Å². The van der Waals surface area contributed by atoms with Gasteiger partial charge in [0.1, 0.15) is 23.7 Å². The third-order valence-corrected chi connectivity index (χ3v) is 7.44. The predicted molar refractivity (Wildman–Crippen MR) is 136 cm³/mol. The lowest BCUT2D eigenvalue weighted by atomic mass is 9.93. The van der Waals surface area contributed by atoms with Gasteiger partial charge >= 0.3 is 0 Å². The highest BCUT2D eigenvalue weighted by Crippen LogP contribution is 2.42. The lowest BCUT2D eigenvalue weighted by Crippen LogP contribution is -2.23. The number of fused-ring (bicyclic) bond motifs is 2. The number of hydrogen-bond donors (Lipinski definition) is 2. The first kappa shape index (κ1) is 23.8. The summed E-state index contributed by atoms with van der Waals surface area (Å²) in [6.45, 7) is 4.70. The van der Waals surface area contributed by atoms with Gasteiger partial charge in [-0.15, -0.1) is 0 Å². The summed E-state index contributed by atoms with van der Waals surface area (Å²) in [4.78, 5) is 23.5. The van der Waals surface area contributed by atoms with Gasteiger partial charge in [-0.3, -0.25) is 4.79 Å². The Morgan fingerprint density at radius 3 is 2.89 bits per heavy atom. The lowest BCUT2D eigenvalue weighted by molar-refractivity contribution is -0.115. The molecule has 5 rings (SSSR count). The Balaban J connectivity index is 1.43. The third-order valence-electron chi connectivity index (χ3n) is 7.16. The monoisotopic (exact) mass is 497 g/mol. The second-order valence-corrected chi connectivity index (χ2v) is 9.94. The van der Waals surface area contributed by atoms with Crippen molar-refractivity contribution in [1.82, 2.24) is 14.9 Å². The maximum atomic E-state index is 13.6. The molecule has 0 bridgehead atoms. The van der Waals surface area contributed by atoms with Gasteiger partial charge in [0.2, 0.25) is 5.91 Å². The minimum absolute atomic E-state index is 0.0163. The highest BCUT2D eigenvalue weighted by atomic mass is 35.5. The summed E-state index contributed by atoms with van der Waals surface area (Å²) < 4.78 is 19.9. The van der Waals surface area contributed by atoms with Crippen molar-refractivity contribution >= 4 is 45.6 Å². The molecule has 2 aromatic carbocycles. The van der Waals surface area contributed by atoms with Crippen LogP contribution < -0.4 is 15.4 Å². The molecule has 3 atom stereocenters. The van der Waals surface area contributed by atoms with Crippen LogP contribution in [0.5, 0.6) is 5.75 Å². The van der Waals surface area contributed by atoms with Gasteiger partial charge in [0, 0.05) is 36.7 Å². The summed E-state index contributed by atoms with van der Waals surface area (Å²) in [5.41, 5.74) is 1.84. The predicted octanol–water partition coefficient (Wildman–Crippen LogP) is 5.48. The molecule has 3 aromatic rings. The van der Waals surface area contributed by atoms with Gasteiger partial charge in [-0.2, -0.15) is 0 Å². The molecule has 35 heavy (non-hydrogen) atoms. The fraction of sp³-hybridized carbons (Fsp3) is 0.423. The van der Waals surface area contributed by atoms with Crippen LogP contribution >= 0.6 is 11.6 Å². The van der Waals surface area contributed by atoms with Gasteiger partial charge < -0.3 is 20.3 Å². The summed E-state index contributed by atoms with van der Waals surface area (Å²) in [6.07, 6.45) is 4.22. The first-order chi connectivity index (χ1) is 16.9. The summed E-state index contributed by atoms with van der Waals surface area (Å²) in [6, 6.07) is 8.05. The van der Waals surface area contributed by atoms with E-state index < -0.39 is 5.82 Å². The highest BCUT2D eigenvalue weighted by molar-refractivity contribution is 6.31. The molecule has 2 heterocycles. The molecule has 2 fully saturated rings. The van der Waals surface area contributed by atoms with E-state index in [-0.39, 0.29) is 10.9 Å². The molecule has 1 aliphatic carbocycles. The number of hydrogen-bond acceptors (Lipinski definition) is 6. The second-order valence-electron chi connectivity index (χ2n) is 9.54. The SMILES string of the molecule is CCC(=O)Nc1cc2c(Nc3ccc(F)c(Cl)c3)ncnc2cc1OCC1CCC2CN(C)CC12. The molecule has 2 aliphatic rings. The van der Waals surface area contributed by atoms with Crippen molar-refractivity contribution in [2.75, 3.05) is 37.4 Å². The lowest BCUT2D eigenvalue weighted by Gasteiger charge is -2.21. The van der Waals surface area contributed by atoms with E-state index in [1.165, 1.54) is 37.8 Å². The molecule has 3 unspecified atom stereocenters. The molecule has 1 saturated heterocycles. The molecule has 1 amide bonds. The van der Waals surface area contributed by atoms with Crippen molar-refractivity contribution < 1.29 is 13.9 Å². The molecule has 2 N–H and O–H groups in total. The largest absolute Gasteiger partial charge is 0.491 e. The summed E-state index contributed by atoms with van der Waals surface area (Å²) in [5.74, 6) is 2.44. The minimum atomic E-state index is -0.492. The fourth-order valence-corrected chi connectivity index (χ4v) is 5.53. The molecule has 0 spiro atoms. The maximum absolute atomic E-state index is 13.6. The van der Waals surface area contributed by atoms with E-state index in [0.29, 0.717) is 58.7 Å². The van der Waals surface area contributed by atoms with E-state index in [9.17, 15) is 9.18 Å². The number of anilines is 3. The van der Waals surface area contributed by atoms with Crippen molar-refractivity contribution in [3.8, 4) is 5.75 Å². The third kappa shape index (κ3) is 5.04. The van der Waals surface area contributed by atoms with Crippen LogP contribution in [0.3, 0.4) is 0 Å². The molecule has 0 radical (unpaired) electrons. The van der Waals surface area contributed by atoms with Crippen LogP contribution in [-0.2, 0) is 4.79 Å². The van der Waals surface area contributed by atoms with Gasteiger partial charge in [-0.1, -0.05) is 18.5 Å². The van der Waals surface area contributed by atoms with Crippen molar-refractivity contribution in [2.24, 2.45) is 17.8 Å². The zero-order chi connectivity index (χ0) is 24.5. The Labute approximate surface area is 209 Å². The number of aromatic nitrogens is 2. The van der Waals surface area contributed by atoms with E-state index in [1.807, 2.05) is 12.1 Å². The fourth-order valence-electron chi connectivity index (χ4n) is 5.35. The Morgan fingerprint density at radius 2 is 2.09 bits per heavy atom. The highest BCUT2D eigenvalue weighted by Gasteiger charge is 2.41. The van der Waals surface area contributed by atoms with Crippen LogP contribution in [-0.4, -0.2) is 47.5 Å². The maximum Gasteiger partial charge on any atom is 0.224 e. The molecule has 184 valence electrons. The zero-order valence-corrected chi connectivity index (χ0v) is 20.6. The topological polar surface area (TPSA) is 79.4 Å². The molecule has 1 aromatic heterocycles. The van der Waals surface area contributed by atoms with Crippen LogP contribution in [0, 0.1) is 23.6 Å². The number of halogens is 2. The van der Waals surface area contributed by atoms with E-state index in [1.54, 1.807) is 13.0 Å². The number of likely N-dealkylation sites (tertiary alicyclic amines) is 1. The molecular weight excluding hydrogens is 469 g/mol. The van der Waals surface area contributed by atoms with Crippen molar-refractivity contribution in [2.45, 2.75) is 26.2 Å². The summed E-state index contributed by atoms with van der Waals surface area (Å²) in [5, 5.41) is 6.85. The zero-order valence-electron chi connectivity index (χ0n) is 19.9. The van der Waals surface area contributed by atoms with Gasteiger partial charge in [0.25, 0.3) is 0 Å². The standard InChI is InChI=1S/C26H29ClFN5O2/c1-3-25(34)32-23-9-18-22(29-14-30-26(18)31-17-6-7-21(28)20(27)8-17)10-24(23)35-13-16-5-4-15-11-33(2)12-19(15)16/h6-10,14-16,19H,3-5,11-13H2,1-2H3,(H,32,34)(H,29,30,31). The first-order valence-electron chi connectivity index (χ1n) is 12.0. The number of carbonyl (C=O) groups is 1. The number of ether oxygens (including phenoxy) is 1. The van der Waals surface area contributed by atoms with Crippen molar-refractivity contribution in [3.63, 3.8) is 0 Å². The normalized spacial score (nSPS) is 21.8. The van der Waals surface area contributed by atoms with Crippen molar-refractivity contribution in [3.05, 3.63) is 47.5 Å².